The van der Waals surface area contributed by atoms with Gasteiger partial charge in [-0.05, 0) is 56.7 Å². The predicted octanol–water partition coefficient (Wildman–Crippen LogP) is 1.98. The lowest BCUT2D eigenvalue weighted by atomic mass is 9.87. The molecule has 1 fully saturated rings. The van der Waals surface area contributed by atoms with Gasteiger partial charge in [0, 0.05) is 18.7 Å². The molecule has 0 heterocycles. The van der Waals surface area contributed by atoms with E-state index in [1.165, 1.54) is 0 Å². The molecular formula is C16H25N3O2. The predicted molar refractivity (Wildman–Crippen MR) is 85.3 cm³/mol. The fraction of sp³-hybridized carbons (Fsp3) is 0.562. The van der Waals surface area contributed by atoms with Gasteiger partial charge in [-0.25, -0.2) is 0 Å². The number of anilines is 2. The number of amides is 1. The zero-order valence-electron chi connectivity index (χ0n) is 12.6. The van der Waals surface area contributed by atoms with Crippen LogP contribution in [-0.4, -0.2) is 30.2 Å². The quantitative estimate of drug-likeness (QED) is 0.625. The molecule has 0 spiro atoms. The number of nitrogen functional groups attached to an aromatic ring is 1. The lowest BCUT2D eigenvalue weighted by molar-refractivity contribution is 0.0956. The Balaban J connectivity index is 1.90. The Bertz CT molecular complexity index is 482. The zero-order valence-corrected chi connectivity index (χ0v) is 12.6. The number of aliphatic hydroxyl groups is 1. The van der Waals surface area contributed by atoms with Crippen LogP contribution in [0.1, 0.15) is 43.0 Å². The number of carbonyl (C=O) groups excluding carboxylic acids is 1. The molecule has 1 aromatic carbocycles. The smallest absolute Gasteiger partial charge is 0.251 e. The first-order valence-electron chi connectivity index (χ1n) is 7.69. The van der Waals surface area contributed by atoms with Crippen molar-refractivity contribution in [2.45, 2.75) is 38.7 Å². The second-order valence-corrected chi connectivity index (χ2v) is 5.72. The molecule has 0 radical (unpaired) electrons. The normalized spacial score (nSPS) is 21.8. The number of hydrogen-bond donors (Lipinski definition) is 4. The van der Waals surface area contributed by atoms with Gasteiger partial charge in [0.1, 0.15) is 0 Å². The van der Waals surface area contributed by atoms with E-state index in [4.69, 9.17) is 5.73 Å². The lowest BCUT2D eigenvalue weighted by Gasteiger charge is -2.26. The van der Waals surface area contributed by atoms with Gasteiger partial charge in [0.2, 0.25) is 0 Å². The van der Waals surface area contributed by atoms with Gasteiger partial charge in [0.15, 0.2) is 0 Å². The van der Waals surface area contributed by atoms with Crippen LogP contribution in [0.25, 0.3) is 0 Å². The maximum atomic E-state index is 11.7. The van der Waals surface area contributed by atoms with Crippen LogP contribution in [0.15, 0.2) is 18.2 Å². The summed E-state index contributed by atoms with van der Waals surface area (Å²) in [6.45, 7) is 3.35. The number of nitrogens with one attached hydrogen (secondary N) is 2. The molecule has 2 rings (SSSR count). The topological polar surface area (TPSA) is 87.4 Å². The van der Waals surface area contributed by atoms with Crippen LogP contribution >= 0.6 is 0 Å². The first-order chi connectivity index (χ1) is 10.1. The van der Waals surface area contributed by atoms with Crippen LogP contribution in [-0.2, 0) is 0 Å². The molecule has 1 saturated carbocycles. The average Bonchev–Trinajstić information content (AvgIpc) is 2.48. The first-order valence-corrected chi connectivity index (χ1v) is 7.69. The van der Waals surface area contributed by atoms with Crippen LogP contribution in [0.2, 0.25) is 0 Å². The van der Waals surface area contributed by atoms with E-state index in [-0.39, 0.29) is 12.0 Å². The maximum absolute atomic E-state index is 11.7. The van der Waals surface area contributed by atoms with Crippen LogP contribution in [0.5, 0.6) is 0 Å². The van der Waals surface area contributed by atoms with Crippen LogP contribution in [0.4, 0.5) is 11.4 Å². The summed E-state index contributed by atoms with van der Waals surface area (Å²) < 4.78 is 0. The molecule has 1 aliphatic carbocycles. The van der Waals surface area contributed by atoms with Crippen molar-refractivity contribution in [3.8, 4) is 0 Å². The van der Waals surface area contributed by atoms with Gasteiger partial charge < -0.3 is 21.5 Å². The van der Waals surface area contributed by atoms with Gasteiger partial charge in [-0.3, -0.25) is 4.79 Å². The van der Waals surface area contributed by atoms with Crippen molar-refractivity contribution in [3.05, 3.63) is 23.8 Å². The van der Waals surface area contributed by atoms with Gasteiger partial charge in [0.25, 0.3) is 5.91 Å². The van der Waals surface area contributed by atoms with E-state index < -0.39 is 0 Å². The first kappa shape index (κ1) is 15.6. The van der Waals surface area contributed by atoms with E-state index >= 15 is 0 Å². The summed E-state index contributed by atoms with van der Waals surface area (Å²) >= 11 is 0. The van der Waals surface area contributed by atoms with Gasteiger partial charge in [-0.15, -0.1) is 0 Å². The minimum Gasteiger partial charge on any atom is -0.397 e. The molecule has 0 atom stereocenters. The number of hydrogen-bond acceptors (Lipinski definition) is 4. The fourth-order valence-electron chi connectivity index (χ4n) is 2.73. The Morgan fingerprint density at radius 1 is 1.33 bits per heavy atom. The molecule has 0 aliphatic heterocycles. The number of nitrogens with two attached hydrogens (primary N) is 1. The Morgan fingerprint density at radius 3 is 2.67 bits per heavy atom. The maximum Gasteiger partial charge on any atom is 0.251 e. The summed E-state index contributed by atoms with van der Waals surface area (Å²) in [7, 11) is 0. The fourth-order valence-corrected chi connectivity index (χ4v) is 2.73. The van der Waals surface area contributed by atoms with Gasteiger partial charge in [0.05, 0.1) is 17.5 Å². The van der Waals surface area contributed by atoms with E-state index in [0.29, 0.717) is 23.7 Å². The Hall–Kier alpha value is -1.75. The molecule has 116 valence electrons. The molecule has 5 nitrogen and oxygen atoms in total. The molecule has 1 aromatic rings. The molecule has 0 saturated heterocycles. The Labute approximate surface area is 125 Å². The van der Waals surface area contributed by atoms with Crippen LogP contribution in [0, 0.1) is 5.92 Å². The van der Waals surface area contributed by atoms with E-state index in [9.17, 15) is 9.90 Å². The Kier molecular flexibility index (Phi) is 5.44. The third-order valence-electron chi connectivity index (χ3n) is 4.05. The van der Waals surface area contributed by atoms with Gasteiger partial charge in [-0.2, -0.15) is 0 Å². The summed E-state index contributed by atoms with van der Waals surface area (Å²) in [5.41, 5.74) is 8.06. The molecule has 5 heteroatoms. The summed E-state index contributed by atoms with van der Waals surface area (Å²) in [6, 6.07) is 5.35. The highest BCUT2D eigenvalue weighted by molar-refractivity contribution is 5.96. The highest BCUT2D eigenvalue weighted by Gasteiger charge is 2.19. The second-order valence-electron chi connectivity index (χ2n) is 5.72. The summed E-state index contributed by atoms with van der Waals surface area (Å²) in [5.74, 6) is 0.480. The number of benzene rings is 1. The molecule has 0 bridgehead atoms. The van der Waals surface area contributed by atoms with Crippen molar-refractivity contribution in [1.82, 2.24) is 5.32 Å². The average molecular weight is 291 g/mol. The summed E-state index contributed by atoms with van der Waals surface area (Å²) in [5, 5.41) is 15.6. The highest BCUT2D eigenvalue weighted by Crippen LogP contribution is 2.26. The van der Waals surface area contributed by atoms with Crippen molar-refractivity contribution in [2.24, 2.45) is 5.92 Å². The lowest BCUT2D eigenvalue weighted by Crippen LogP contribution is -2.24. The monoisotopic (exact) mass is 291 g/mol. The van der Waals surface area contributed by atoms with Crippen molar-refractivity contribution < 1.29 is 9.90 Å². The molecule has 1 amide bonds. The van der Waals surface area contributed by atoms with Gasteiger partial charge >= 0.3 is 0 Å². The number of aliphatic hydroxyl groups excluding tert-OH is 1. The largest absolute Gasteiger partial charge is 0.397 e. The molecule has 0 unspecified atom stereocenters. The second kappa shape index (κ2) is 7.31. The van der Waals surface area contributed by atoms with E-state index in [1.54, 1.807) is 12.1 Å². The van der Waals surface area contributed by atoms with Crippen molar-refractivity contribution in [2.75, 3.05) is 24.1 Å². The third-order valence-corrected chi connectivity index (χ3v) is 4.05. The number of carbonyl (C=O) groups is 1. The SMILES string of the molecule is CCNC(=O)c1ccc(NCC2CCC(O)CC2)c(N)c1. The molecule has 1 aliphatic rings. The van der Waals surface area contributed by atoms with Crippen molar-refractivity contribution in [1.29, 1.82) is 0 Å². The minimum atomic E-state index is -0.123. The van der Waals surface area contributed by atoms with Crippen LogP contribution < -0.4 is 16.4 Å². The third kappa shape index (κ3) is 4.36. The van der Waals surface area contributed by atoms with E-state index in [1.807, 2.05) is 13.0 Å². The minimum absolute atomic E-state index is 0.1000. The highest BCUT2D eigenvalue weighted by atomic mass is 16.3. The number of rotatable bonds is 5. The van der Waals surface area contributed by atoms with Gasteiger partial charge in [-0.1, -0.05) is 0 Å². The molecule has 5 N–H and O–H groups in total. The Morgan fingerprint density at radius 2 is 2.05 bits per heavy atom. The molecule has 0 aromatic heterocycles. The van der Waals surface area contributed by atoms with E-state index in [2.05, 4.69) is 10.6 Å². The molecule has 21 heavy (non-hydrogen) atoms. The van der Waals surface area contributed by atoms with Crippen molar-refractivity contribution in [3.63, 3.8) is 0 Å². The molecular weight excluding hydrogens is 266 g/mol. The van der Waals surface area contributed by atoms with Crippen LogP contribution in [0.3, 0.4) is 0 Å². The summed E-state index contributed by atoms with van der Waals surface area (Å²) in [4.78, 5) is 11.7. The standard InChI is InChI=1S/C16H25N3O2/c1-2-18-16(21)12-5-8-15(14(17)9-12)19-10-11-3-6-13(20)7-4-11/h5,8-9,11,13,19-20H,2-4,6-7,10,17H2,1H3,(H,18,21). The summed E-state index contributed by atoms with van der Waals surface area (Å²) in [6.07, 6.45) is 3.74. The zero-order chi connectivity index (χ0) is 15.2. The van der Waals surface area contributed by atoms with Crippen molar-refractivity contribution >= 4 is 17.3 Å². The van der Waals surface area contributed by atoms with E-state index in [0.717, 1.165) is 37.9 Å².